The Morgan fingerprint density at radius 1 is 1.29 bits per heavy atom. The summed E-state index contributed by atoms with van der Waals surface area (Å²) in [6.45, 7) is 1.55. The molecule has 110 valence electrons. The molecule has 1 fully saturated rings. The molecule has 1 aromatic heterocycles. The number of benzene rings is 1. The first-order chi connectivity index (χ1) is 10.1. The molecular formula is C15H13BrFNO2S. The number of ether oxygens (including phenoxy) is 1. The van der Waals surface area contributed by atoms with Gasteiger partial charge in [-0.25, -0.2) is 4.39 Å². The lowest BCUT2D eigenvalue weighted by atomic mass is 10.1. The average Bonchev–Trinajstić information content (AvgIpc) is 2.94. The van der Waals surface area contributed by atoms with Gasteiger partial charge in [0, 0.05) is 6.54 Å². The number of nitrogens with zero attached hydrogens (tertiary/aromatic N) is 1. The molecule has 0 spiro atoms. The lowest BCUT2D eigenvalue weighted by Crippen LogP contribution is -2.42. The fourth-order valence-electron chi connectivity index (χ4n) is 2.30. The van der Waals surface area contributed by atoms with E-state index in [9.17, 15) is 9.18 Å². The highest BCUT2D eigenvalue weighted by atomic mass is 79.9. The third-order valence-electron chi connectivity index (χ3n) is 3.38. The van der Waals surface area contributed by atoms with Crippen molar-refractivity contribution >= 4 is 33.2 Å². The second kappa shape index (κ2) is 6.25. The van der Waals surface area contributed by atoms with Gasteiger partial charge in [-0.3, -0.25) is 4.79 Å². The molecule has 6 heteroatoms. The molecule has 0 unspecified atom stereocenters. The van der Waals surface area contributed by atoms with E-state index in [1.165, 1.54) is 23.5 Å². The maximum atomic E-state index is 13.0. The second-order valence-electron chi connectivity index (χ2n) is 4.77. The minimum absolute atomic E-state index is 0.0149. The van der Waals surface area contributed by atoms with Gasteiger partial charge in [0.2, 0.25) is 0 Å². The number of rotatable bonds is 2. The largest absolute Gasteiger partial charge is 0.370 e. The fourth-order valence-corrected chi connectivity index (χ4v) is 3.65. The Morgan fingerprint density at radius 3 is 2.71 bits per heavy atom. The van der Waals surface area contributed by atoms with Crippen molar-refractivity contribution in [2.75, 3.05) is 19.7 Å². The van der Waals surface area contributed by atoms with Crippen molar-refractivity contribution in [3.63, 3.8) is 0 Å². The molecule has 1 amide bonds. The van der Waals surface area contributed by atoms with Gasteiger partial charge in [0.1, 0.15) is 11.9 Å². The Kier molecular flexibility index (Phi) is 4.37. The highest BCUT2D eigenvalue weighted by molar-refractivity contribution is 9.11. The molecule has 0 bridgehead atoms. The molecule has 0 aliphatic carbocycles. The molecule has 1 atom stereocenters. The van der Waals surface area contributed by atoms with E-state index in [2.05, 4.69) is 15.9 Å². The van der Waals surface area contributed by atoms with Crippen LogP contribution in [0.2, 0.25) is 0 Å². The molecule has 3 nitrogen and oxygen atoms in total. The highest BCUT2D eigenvalue weighted by Crippen LogP contribution is 2.27. The van der Waals surface area contributed by atoms with Crippen molar-refractivity contribution in [3.05, 3.63) is 56.4 Å². The summed E-state index contributed by atoms with van der Waals surface area (Å²) in [7, 11) is 0. The summed E-state index contributed by atoms with van der Waals surface area (Å²) in [6, 6.07) is 9.92. The third-order valence-corrected chi connectivity index (χ3v) is 4.99. The van der Waals surface area contributed by atoms with Gasteiger partial charge in [0.05, 0.1) is 21.8 Å². The number of morpholine rings is 1. The normalized spacial score (nSPS) is 18.8. The van der Waals surface area contributed by atoms with Crippen molar-refractivity contribution in [2.45, 2.75) is 6.10 Å². The average molecular weight is 370 g/mol. The Balaban J connectivity index is 1.73. The summed E-state index contributed by atoms with van der Waals surface area (Å²) in [6.07, 6.45) is -0.202. The molecule has 1 saturated heterocycles. The molecule has 1 aliphatic rings. The van der Waals surface area contributed by atoms with Gasteiger partial charge in [-0.1, -0.05) is 12.1 Å². The van der Waals surface area contributed by atoms with Crippen molar-refractivity contribution in [1.29, 1.82) is 0 Å². The first kappa shape index (κ1) is 14.7. The molecule has 0 N–H and O–H groups in total. The van der Waals surface area contributed by atoms with Crippen LogP contribution in [-0.2, 0) is 4.74 Å². The molecule has 1 aliphatic heterocycles. The smallest absolute Gasteiger partial charge is 0.264 e. The maximum absolute atomic E-state index is 13.0. The summed E-state index contributed by atoms with van der Waals surface area (Å²) in [5.74, 6) is -0.257. The summed E-state index contributed by atoms with van der Waals surface area (Å²) < 4.78 is 19.6. The minimum Gasteiger partial charge on any atom is -0.370 e. The Hall–Kier alpha value is -1.24. The quantitative estimate of drug-likeness (QED) is 0.804. The van der Waals surface area contributed by atoms with Crippen LogP contribution in [0.4, 0.5) is 4.39 Å². The topological polar surface area (TPSA) is 29.5 Å². The molecular weight excluding hydrogens is 357 g/mol. The van der Waals surface area contributed by atoms with Crippen LogP contribution in [0.5, 0.6) is 0 Å². The van der Waals surface area contributed by atoms with Crippen molar-refractivity contribution < 1.29 is 13.9 Å². The van der Waals surface area contributed by atoms with E-state index in [0.29, 0.717) is 24.6 Å². The Bertz CT molecular complexity index is 643. The predicted octanol–water partition coefficient (Wildman–Crippen LogP) is 3.86. The zero-order valence-corrected chi connectivity index (χ0v) is 13.5. The number of halogens is 2. The third kappa shape index (κ3) is 3.33. The van der Waals surface area contributed by atoms with Crippen molar-refractivity contribution in [1.82, 2.24) is 4.90 Å². The van der Waals surface area contributed by atoms with Crippen LogP contribution in [0.3, 0.4) is 0 Å². The van der Waals surface area contributed by atoms with E-state index in [1.54, 1.807) is 17.0 Å². The van der Waals surface area contributed by atoms with E-state index >= 15 is 0 Å². The van der Waals surface area contributed by atoms with Gasteiger partial charge >= 0.3 is 0 Å². The van der Waals surface area contributed by atoms with Crippen molar-refractivity contribution in [2.24, 2.45) is 0 Å². The molecule has 0 saturated carbocycles. The summed E-state index contributed by atoms with van der Waals surface area (Å²) in [5.41, 5.74) is 0.890. The number of carbonyl (C=O) groups excluding carboxylic acids is 1. The zero-order chi connectivity index (χ0) is 14.8. The van der Waals surface area contributed by atoms with Gasteiger partial charge in [-0.05, 0) is 45.8 Å². The van der Waals surface area contributed by atoms with Gasteiger partial charge in [-0.15, -0.1) is 11.3 Å². The summed E-state index contributed by atoms with van der Waals surface area (Å²) in [4.78, 5) is 14.9. The molecule has 0 radical (unpaired) electrons. The van der Waals surface area contributed by atoms with Gasteiger partial charge in [0.25, 0.3) is 5.91 Å². The van der Waals surface area contributed by atoms with Gasteiger partial charge < -0.3 is 9.64 Å². The minimum atomic E-state index is -0.272. The second-order valence-corrected chi connectivity index (χ2v) is 7.23. The molecule has 2 aromatic rings. The Labute approximate surface area is 134 Å². The summed E-state index contributed by atoms with van der Waals surface area (Å²) >= 11 is 4.79. The van der Waals surface area contributed by atoms with Crippen LogP contribution < -0.4 is 0 Å². The highest BCUT2D eigenvalue weighted by Gasteiger charge is 2.26. The molecule has 2 heterocycles. The van der Waals surface area contributed by atoms with Crippen LogP contribution in [0.25, 0.3) is 0 Å². The van der Waals surface area contributed by atoms with E-state index in [0.717, 1.165) is 9.35 Å². The van der Waals surface area contributed by atoms with Crippen LogP contribution in [0.1, 0.15) is 21.3 Å². The monoisotopic (exact) mass is 369 g/mol. The lowest BCUT2D eigenvalue weighted by molar-refractivity contribution is -0.0226. The van der Waals surface area contributed by atoms with E-state index in [-0.39, 0.29) is 17.8 Å². The van der Waals surface area contributed by atoms with Crippen LogP contribution in [0.15, 0.2) is 40.2 Å². The maximum Gasteiger partial charge on any atom is 0.264 e. The molecule has 1 aromatic carbocycles. The number of amides is 1. The number of thiophene rings is 1. The van der Waals surface area contributed by atoms with Crippen molar-refractivity contribution in [3.8, 4) is 0 Å². The molecule has 3 rings (SSSR count). The van der Waals surface area contributed by atoms with E-state index in [1.807, 2.05) is 12.1 Å². The van der Waals surface area contributed by atoms with E-state index < -0.39 is 0 Å². The van der Waals surface area contributed by atoms with Crippen LogP contribution in [0, 0.1) is 5.82 Å². The molecule has 21 heavy (non-hydrogen) atoms. The lowest BCUT2D eigenvalue weighted by Gasteiger charge is -2.33. The Morgan fingerprint density at radius 2 is 2.05 bits per heavy atom. The standard InChI is InChI=1S/C15H13BrFNO2S/c16-14-6-5-13(21-14)15(19)18-7-8-20-12(9-18)10-1-3-11(17)4-2-10/h1-6,12H,7-9H2/t12-/m0/s1. The van der Waals surface area contributed by atoms with Crippen LogP contribution in [-0.4, -0.2) is 30.5 Å². The zero-order valence-electron chi connectivity index (χ0n) is 11.1. The van der Waals surface area contributed by atoms with Crippen LogP contribution >= 0.6 is 27.3 Å². The SMILES string of the molecule is O=C(c1ccc(Br)s1)N1CCO[C@H](c2ccc(F)cc2)C1. The van der Waals surface area contributed by atoms with E-state index in [4.69, 9.17) is 4.74 Å². The van der Waals surface area contributed by atoms with Gasteiger partial charge in [-0.2, -0.15) is 0 Å². The number of carbonyl (C=O) groups is 1. The fraction of sp³-hybridized carbons (Fsp3) is 0.267. The first-order valence-corrected chi connectivity index (χ1v) is 8.16. The first-order valence-electron chi connectivity index (χ1n) is 6.55. The number of hydrogen-bond donors (Lipinski definition) is 0. The van der Waals surface area contributed by atoms with Gasteiger partial charge in [0.15, 0.2) is 0 Å². The predicted molar refractivity (Wildman–Crippen MR) is 83.0 cm³/mol. The summed E-state index contributed by atoms with van der Waals surface area (Å²) in [5, 5.41) is 0. The number of hydrogen-bond acceptors (Lipinski definition) is 3.